The molecule has 0 amide bonds. The van der Waals surface area contributed by atoms with Crippen LogP contribution in [0.25, 0.3) is 0 Å². The molecule has 1 fully saturated rings. The molecule has 1 aliphatic heterocycles. The van der Waals surface area contributed by atoms with E-state index >= 15 is 0 Å². The Labute approximate surface area is 141 Å². The minimum absolute atomic E-state index is 0.170. The molecule has 0 N–H and O–H groups in total. The molecule has 2 heterocycles. The zero-order chi connectivity index (χ0) is 16.1. The molecular weight excluding hydrogens is 309 g/mol. The lowest BCUT2D eigenvalue weighted by molar-refractivity contribution is 0.282. The van der Waals surface area contributed by atoms with Crippen LogP contribution in [0.2, 0.25) is 0 Å². The van der Waals surface area contributed by atoms with Crippen molar-refractivity contribution in [3.8, 4) is 0 Å². The van der Waals surface area contributed by atoms with Crippen molar-refractivity contribution in [2.45, 2.75) is 32.7 Å². The van der Waals surface area contributed by atoms with Crippen LogP contribution in [0.4, 0.5) is 10.1 Å². The van der Waals surface area contributed by atoms with Gasteiger partial charge in [-0.15, -0.1) is 11.3 Å². The molecule has 0 saturated carbocycles. The van der Waals surface area contributed by atoms with E-state index in [0.717, 1.165) is 57.7 Å². The van der Waals surface area contributed by atoms with Gasteiger partial charge in [0.2, 0.25) is 0 Å². The Morgan fingerprint density at radius 3 is 2.74 bits per heavy atom. The van der Waals surface area contributed by atoms with Gasteiger partial charge in [0.1, 0.15) is 5.82 Å². The highest BCUT2D eigenvalue weighted by Gasteiger charge is 2.16. The molecule has 23 heavy (non-hydrogen) atoms. The third-order valence-corrected chi connectivity index (χ3v) is 5.19. The van der Waals surface area contributed by atoms with Crippen LogP contribution < -0.4 is 4.90 Å². The average Bonchev–Trinajstić information content (AvgIpc) is 2.85. The summed E-state index contributed by atoms with van der Waals surface area (Å²) in [7, 11) is 0. The Morgan fingerprint density at radius 1 is 1.13 bits per heavy atom. The number of rotatable bonds is 5. The normalized spacial score (nSPS) is 16.5. The summed E-state index contributed by atoms with van der Waals surface area (Å²) in [6.45, 7) is 7.27. The molecule has 0 unspecified atom stereocenters. The van der Waals surface area contributed by atoms with E-state index in [1.165, 1.54) is 10.7 Å². The molecule has 0 spiro atoms. The van der Waals surface area contributed by atoms with E-state index in [9.17, 15) is 4.39 Å². The summed E-state index contributed by atoms with van der Waals surface area (Å²) < 4.78 is 13.1. The number of aryl methyl sites for hydroxylation is 1. The Kier molecular flexibility index (Phi) is 5.62. The lowest BCUT2D eigenvalue weighted by Gasteiger charge is -2.23. The molecule has 1 aromatic carbocycles. The third-order valence-electron chi connectivity index (χ3n) is 4.23. The molecule has 0 radical (unpaired) electrons. The zero-order valence-corrected chi connectivity index (χ0v) is 14.5. The summed E-state index contributed by atoms with van der Waals surface area (Å²) in [6.07, 6.45) is 3.37. The van der Waals surface area contributed by atoms with E-state index in [4.69, 9.17) is 4.98 Å². The highest BCUT2D eigenvalue weighted by atomic mass is 32.1. The maximum absolute atomic E-state index is 13.1. The first kappa shape index (κ1) is 16.4. The van der Waals surface area contributed by atoms with E-state index in [1.807, 2.05) is 12.1 Å². The van der Waals surface area contributed by atoms with E-state index < -0.39 is 0 Å². The summed E-state index contributed by atoms with van der Waals surface area (Å²) in [6, 6.07) is 6.84. The van der Waals surface area contributed by atoms with Crippen LogP contribution in [-0.2, 0) is 13.0 Å². The van der Waals surface area contributed by atoms with E-state index in [2.05, 4.69) is 22.1 Å². The summed E-state index contributed by atoms with van der Waals surface area (Å²) in [5, 5.41) is 3.46. The van der Waals surface area contributed by atoms with Gasteiger partial charge in [0.05, 0.1) is 10.7 Å². The van der Waals surface area contributed by atoms with Crippen LogP contribution in [0.15, 0.2) is 29.6 Å². The van der Waals surface area contributed by atoms with Crippen LogP contribution >= 0.6 is 11.3 Å². The van der Waals surface area contributed by atoms with Crippen LogP contribution in [0, 0.1) is 5.82 Å². The molecule has 3 nitrogen and oxygen atoms in total. The Bertz CT molecular complexity index is 611. The predicted octanol–water partition coefficient (Wildman–Crippen LogP) is 3.95. The van der Waals surface area contributed by atoms with Crippen molar-refractivity contribution in [1.29, 1.82) is 0 Å². The number of hydrogen-bond donors (Lipinski definition) is 0. The van der Waals surface area contributed by atoms with Crippen molar-refractivity contribution in [1.82, 2.24) is 9.88 Å². The van der Waals surface area contributed by atoms with Crippen LogP contribution in [0.1, 0.15) is 30.5 Å². The second-order valence-electron chi connectivity index (χ2n) is 6.08. The van der Waals surface area contributed by atoms with Gasteiger partial charge in [0.15, 0.2) is 0 Å². The maximum atomic E-state index is 13.1. The summed E-state index contributed by atoms with van der Waals surface area (Å²) in [5.41, 5.74) is 2.32. The van der Waals surface area contributed by atoms with E-state index in [-0.39, 0.29) is 5.82 Å². The van der Waals surface area contributed by atoms with Crippen molar-refractivity contribution < 1.29 is 4.39 Å². The molecule has 5 heteroatoms. The van der Waals surface area contributed by atoms with Crippen LogP contribution in [0.5, 0.6) is 0 Å². The van der Waals surface area contributed by atoms with Gasteiger partial charge < -0.3 is 4.90 Å². The summed E-state index contributed by atoms with van der Waals surface area (Å²) in [4.78, 5) is 9.56. The fourth-order valence-electron chi connectivity index (χ4n) is 3.02. The quantitative estimate of drug-likeness (QED) is 0.826. The predicted molar refractivity (Wildman–Crippen MR) is 94.6 cm³/mol. The number of anilines is 1. The van der Waals surface area contributed by atoms with E-state index in [0.29, 0.717) is 0 Å². The average molecular weight is 333 g/mol. The van der Waals surface area contributed by atoms with Gasteiger partial charge in [-0.05, 0) is 43.5 Å². The molecule has 1 aliphatic rings. The monoisotopic (exact) mass is 333 g/mol. The first-order chi connectivity index (χ1) is 11.2. The fourth-order valence-corrected chi connectivity index (χ4v) is 3.91. The molecule has 0 bridgehead atoms. The van der Waals surface area contributed by atoms with E-state index in [1.54, 1.807) is 23.5 Å². The highest BCUT2D eigenvalue weighted by molar-refractivity contribution is 7.09. The fraction of sp³-hybridized carbons (Fsp3) is 0.500. The number of thiazole rings is 1. The Balaban J connectivity index is 1.56. The highest BCUT2D eigenvalue weighted by Crippen LogP contribution is 2.19. The third kappa shape index (κ3) is 4.52. The summed E-state index contributed by atoms with van der Waals surface area (Å²) >= 11 is 1.78. The van der Waals surface area contributed by atoms with Crippen molar-refractivity contribution in [3.63, 3.8) is 0 Å². The molecule has 2 aromatic rings. The minimum atomic E-state index is -0.170. The van der Waals surface area contributed by atoms with Crippen LogP contribution in [0.3, 0.4) is 0 Å². The SMILES string of the molecule is CCCc1nc(CN2CCCN(c3ccc(F)cc3)CC2)cs1. The zero-order valence-electron chi connectivity index (χ0n) is 13.7. The number of hydrogen-bond acceptors (Lipinski definition) is 4. The number of benzene rings is 1. The van der Waals surface area contributed by atoms with Gasteiger partial charge >= 0.3 is 0 Å². The van der Waals surface area contributed by atoms with Gasteiger partial charge in [0.25, 0.3) is 0 Å². The molecular formula is C18H24FN3S. The lowest BCUT2D eigenvalue weighted by atomic mass is 10.2. The molecule has 0 aliphatic carbocycles. The first-order valence-electron chi connectivity index (χ1n) is 8.41. The topological polar surface area (TPSA) is 19.4 Å². The maximum Gasteiger partial charge on any atom is 0.123 e. The van der Waals surface area contributed by atoms with Crippen molar-refractivity contribution in [2.75, 3.05) is 31.1 Å². The van der Waals surface area contributed by atoms with Gasteiger partial charge in [-0.2, -0.15) is 0 Å². The Hall–Kier alpha value is -1.46. The van der Waals surface area contributed by atoms with Gasteiger partial charge in [-0.1, -0.05) is 6.92 Å². The van der Waals surface area contributed by atoms with Gasteiger partial charge in [-0.3, -0.25) is 4.90 Å². The molecule has 3 rings (SSSR count). The first-order valence-corrected chi connectivity index (χ1v) is 9.28. The molecule has 1 aromatic heterocycles. The smallest absolute Gasteiger partial charge is 0.123 e. The van der Waals surface area contributed by atoms with Crippen molar-refractivity contribution in [2.24, 2.45) is 0 Å². The number of nitrogens with zero attached hydrogens (tertiary/aromatic N) is 3. The lowest BCUT2D eigenvalue weighted by Crippen LogP contribution is -2.30. The second-order valence-corrected chi connectivity index (χ2v) is 7.02. The largest absolute Gasteiger partial charge is 0.370 e. The molecule has 124 valence electrons. The van der Waals surface area contributed by atoms with Crippen molar-refractivity contribution >= 4 is 17.0 Å². The summed E-state index contributed by atoms with van der Waals surface area (Å²) in [5.74, 6) is -0.170. The molecule has 0 atom stereocenters. The molecule has 1 saturated heterocycles. The standard InChI is InChI=1S/C18H24FN3S/c1-2-4-18-20-16(14-23-18)13-21-9-3-10-22(12-11-21)17-7-5-15(19)6-8-17/h5-8,14H,2-4,9-13H2,1H3. The van der Waals surface area contributed by atoms with Gasteiger partial charge in [-0.25, -0.2) is 9.37 Å². The number of aromatic nitrogens is 1. The van der Waals surface area contributed by atoms with Gasteiger partial charge in [0, 0.05) is 43.8 Å². The number of halogens is 1. The Morgan fingerprint density at radius 2 is 1.96 bits per heavy atom. The van der Waals surface area contributed by atoms with Crippen molar-refractivity contribution in [3.05, 3.63) is 46.2 Å². The second kappa shape index (κ2) is 7.88. The minimum Gasteiger partial charge on any atom is -0.370 e. The van der Waals surface area contributed by atoms with Crippen LogP contribution in [-0.4, -0.2) is 36.1 Å².